The molecule has 0 aromatic carbocycles. The van der Waals surface area contributed by atoms with E-state index in [4.69, 9.17) is 9.72 Å². The van der Waals surface area contributed by atoms with Gasteiger partial charge in [0, 0.05) is 13.0 Å². The van der Waals surface area contributed by atoms with E-state index in [2.05, 4.69) is 5.32 Å². The summed E-state index contributed by atoms with van der Waals surface area (Å²) >= 11 is 1.35. The van der Waals surface area contributed by atoms with Crippen molar-refractivity contribution in [2.45, 2.75) is 39.2 Å². The predicted octanol–water partition coefficient (Wildman–Crippen LogP) is 0.138. The van der Waals surface area contributed by atoms with Crippen LogP contribution in [-0.4, -0.2) is 54.9 Å². The van der Waals surface area contributed by atoms with Gasteiger partial charge in [0.15, 0.2) is 0 Å². The third-order valence-electron chi connectivity index (χ3n) is 5.58. The number of hydrogen-bond acceptors (Lipinski definition) is 5. The van der Waals surface area contributed by atoms with Gasteiger partial charge in [0.05, 0.1) is 36.6 Å². The molecule has 0 unspecified atom stereocenters. The highest BCUT2D eigenvalue weighted by atomic mass is 32.1. The first-order chi connectivity index (χ1) is 13.1. The Bertz CT molecular complexity index is 898. The Morgan fingerprint density at radius 3 is 2.93 bits per heavy atom. The second-order valence-corrected chi connectivity index (χ2v) is 8.40. The van der Waals surface area contributed by atoms with Gasteiger partial charge in [0.25, 0.3) is 11.5 Å². The van der Waals surface area contributed by atoms with Crippen LogP contribution in [0.4, 0.5) is 0 Å². The molecule has 27 heavy (non-hydrogen) atoms. The van der Waals surface area contributed by atoms with Crippen molar-refractivity contribution < 1.29 is 14.4 Å². The number of carbonyl (C=O) groups is 1. The maximum absolute atomic E-state index is 13.0. The average Bonchev–Trinajstić information content (AvgIpc) is 2.85. The van der Waals surface area contributed by atoms with E-state index >= 15 is 0 Å². The Morgan fingerprint density at radius 1 is 1.30 bits per heavy atom. The highest BCUT2D eigenvalue weighted by Gasteiger charge is 2.22. The molecular formula is C19H27N4O3S+. The Morgan fingerprint density at radius 2 is 2.11 bits per heavy atom. The molecule has 8 heteroatoms. The van der Waals surface area contributed by atoms with Crippen LogP contribution in [0.25, 0.3) is 10.2 Å². The van der Waals surface area contributed by atoms with Crippen molar-refractivity contribution in [1.29, 1.82) is 0 Å². The highest BCUT2D eigenvalue weighted by molar-refractivity contribution is 7.20. The van der Waals surface area contributed by atoms with Crippen LogP contribution >= 0.6 is 11.3 Å². The van der Waals surface area contributed by atoms with E-state index < -0.39 is 0 Å². The molecule has 2 aromatic heterocycles. The second kappa shape index (κ2) is 8.08. The van der Waals surface area contributed by atoms with Gasteiger partial charge in [-0.1, -0.05) is 6.42 Å². The third kappa shape index (κ3) is 3.79. The lowest BCUT2D eigenvalue weighted by Crippen LogP contribution is -3.14. The summed E-state index contributed by atoms with van der Waals surface area (Å²) in [6.45, 7) is 7.69. The van der Waals surface area contributed by atoms with Crippen LogP contribution in [-0.2, 0) is 17.7 Å². The van der Waals surface area contributed by atoms with E-state index in [0.717, 1.165) is 76.5 Å². The Hall–Kier alpha value is -1.77. The monoisotopic (exact) mass is 391 g/mol. The maximum Gasteiger partial charge on any atom is 0.262 e. The van der Waals surface area contributed by atoms with Crippen molar-refractivity contribution in [2.24, 2.45) is 0 Å². The van der Waals surface area contributed by atoms with E-state index in [1.165, 1.54) is 16.2 Å². The number of aryl methyl sites for hydroxylation is 2. The Balaban J connectivity index is 1.53. The molecule has 2 N–H and O–H groups in total. The number of morpholine rings is 1. The number of carbonyl (C=O) groups excluding carboxylic acids is 1. The zero-order chi connectivity index (χ0) is 18.8. The van der Waals surface area contributed by atoms with Crippen molar-refractivity contribution in [1.82, 2.24) is 14.9 Å². The molecule has 4 rings (SSSR count). The lowest BCUT2D eigenvalue weighted by Gasteiger charge is -2.23. The molecule has 146 valence electrons. The molecule has 1 fully saturated rings. The number of rotatable bonds is 4. The summed E-state index contributed by atoms with van der Waals surface area (Å²) in [7, 11) is 0. The van der Waals surface area contributed by atoms with Crippen LogP contribution in [0, 0.1) is 6.92 Å². The number of thiophene rings is 1. The van der Waals surface area contributed by atoms with Gasteiger partial charge in [-0.2, -0.15) is 0 Å². The highest BCUT2D eigenvalue weighted by Crippen LogP contribution is 2.28. The molecule has 1 saturated heterocycles. The van der Waals surface area contributed by atoms with E-state index in [0.29, 0.717) is 21.6 Å². The summed E-state index contributed by atoms with van der Waals surface area (Å²) in [4.78, 5) is 33.2. The molecule has 0 radical (unpaired) electrons. The van der Waals surface area contributed by atoms with Crippen molar-refractivity contribution in [3.63, 3.8) is 0 Å². The van der Waals surface area contributed by atoms with Gasteiger partial charge >= 0.3 is 0 Å². The largest absolute Gasteiger partial charge is 0.370 e. The fourth-order valence-corrected chi connectivity index (χ4v) is 5.08. The number of fused-ring (bicyclic) bond motifs is 2. The standard InChI is InChI=1S/C19H26N4O3S/c1-13-15-18(21-14-5-3-2-4-7-23(14)19(15)25)27-16(13)17(24)20-6-8-22-9-11-26-12-10-22/h2-12H2,1H3,(H,20,24)/p+1. The molecule has 1 amide bonds. The van der Waals surface area contributed by atoms with Crippen LogP contribution in [0.3, 0.4) is 0 Å². The zero-order valence-electron chi connectivity index (χ0n) is 15.8. The molecule has 0 aliphatic carbocycles. The number of amides is 1. The third-order valence-corrected chi connectivity index (χ3v) is 6.77. The normalized spacial score (nSPS) is 18.3. The smallest absolute Gasteiger partial charge is 0.262 e. The topological polar surface area (TPSA) is 77.7 Å². The Labute approximate surface area is 162 Å². The number of ether oxygens (including phenoxy) is 1. The quantitative estimate of drug-likeness (QED) is 0.777. The van der Waals surface area contributed by atoms with Crippen molar-refractivity contribution >= 4 is 27.5 Å². The average molecular weight is 392 g/mol. The summed E-state index contributed by atoms with van der Waals surface area (Å²) in [6, 6.07) is 0. The van der Waals surface area contributed by atoms with Crippen LogP contribution in [0.2, 0.25) is 0 Å². The molecule has 2 aliphatic rings. The van der Waals surface area contributed by atoms with Gasteiger partial charge in [0.2, 0.25) is 0 Å². The summed E-state index contributed by atoms with van der Waals surface area (Å²) in [5, 5.41) is 3.64. The predicted molar refractivity (Wildman–Crippen MR) is 105 cm³/mol. The number of aromatic nitrogens is 2. The van der Waals surface area contributed by atoms with Crippen molar-refractivity contribution in [3.05, 3.63) is 26.6 Å². The zero-order valence-corrected chi connectivity index (χ0v) is 16.6. The van der Waals surface area contributed by atoms with E-state index in [1.807, 2.05) is 11.5 Å². The van der Waals surface area contributed by atoms with Crippen molar-refractivity contribution in [3.8, 4) is 0 Å². The minimum atomic E-state index is -0.0947. The molecular weight excluding hydrogens is 364 g/mol. The van der Waals surface area contributed by atoms with Gasteiger partial charge in [-0.05, 0) is 25.3 Å². The second-order valence-electron chi connectivity index (χ2n) is 7.40. The summed E-state index contributed by atoms with van der Waals surface area (Å²) in [5.41, 5.74) is 0.783. The summed E-state index contributed by atoms with van der Waals surface area (Å²) in [6.07, 6.45) is 4.06. The molecule has 2 aromatic rings. The lowest BCUT2D eigenvalue weighted by atomic mass is 10.2. The molecule has 0 bridgehead atoms. The first-order valence-corrected chi connectivity index (χ1v) is 10.7. The van der Waals surface area contributed by atoms with E-state index in [-0.39, 0.29) is 11.5 Å². The number of hydrogen-bond donors (Lipinski definition) is 2. The van der Waals surface area contributed by atoms with Gasteiger partial charge in [-0.3, -0.25) is 14.2 Å². The summed E-state index contributed by atoms with van der Waals surface area (Å²) < 4.78 is 7.18. The molecule has 7 nitrogen and oxygen atoms in total. The lowest BCUT2D eigenvalue weighted by molar-refractivity contribution is -0.906. The van der Waals surface area contributed by atoms with Gasteiger partial charge in [-0.25, -0.2) is 4.98 Å². The van der Waals surface area contributed by atoms with Crippen LogP contribution in [0.1, 0.15) is 40.3 Å². The van der Waals surface area contributed by atoms with E-state index in [1.54, 1.807) is 0 Å². The maximum atomic E-state index is 13.0. The van der Waals surface area contributed by atoms with Gasteiger partial charge in [-0.15, -0.1) is 11.3 Å². The molecule has 2 aliphatic heterocycles. The van der Waals surface area contributed by atoms with Crippen LogP contribution < -0.4 is 15.8 Å². The molecule has 0 spiro atoms. The van der Waals surface area contributed by atoms with Crippen molar-refractivity contribution in [2.75, 3.05) is 39.4 Å². The molecule has 0 saturated carbocycles. The first kappa shape index (κ1) is 18.6. The van der Waals surface area contributed by atoms with Crippen LogP contribution in [0.15, 0.2) is 4.79 Å². The Kier molecular flexibility index (Phi) is 5.56. The molecule has 4 heterocycles. The van der Waals surface area contributed by atoms with E-state index in [9.17, 15) is 9.59 Å². The van der Waals surface area contributed by atoms with Crippen LogP contribution in [0.5, 0.6) is 0 Å². The first-order valence-electron chi connectivity index (χ1n) is 9.87. The number of nitrogens with one attached hydrogen (secondary N) is 2. The fourth-order valence-electron chi connectivity index (χ4n) is 3.97. The summed E-state index contributed by atoms with van der Waals surface area (Å²) in [5.74, 6) is 0.775. The van der Waals surface area contributed by atoms with Gasteiger partial charge in [0.1, 0.15) is 23.7 Å². The molecule has 0 atom stereocenters. The number of quaternary nitrogens is 1. The fraction of sp³-hybridized carbons (Fsp3) is 0.632. The van der Waals surface area contributed by atoms with Gasteiger partial charge < -0.3 is 15.0 Å². The minimum absolute atomic E-state index is 0.0162. The SMILES string of the molecule is Cc1c(C(=O)NCC[NH+]2CCOCC2)sc2nc3n(c(=O)c12)CCCCC3. The number of nitrogens with zero attached hydrogens (tertiary/aromatic N) is 2. The minimum Gasteiger partial charge on any atom is -0.370 e.